The topological polar surface area (TPSA) is 66.8 Å². The largest absolute Gasteiger partial charge is 0.504 e. The Morgan fingerprint density at radius 3 is 2.52 bits per heavy atom. The van der Waals surface area contributed by atoms with Crippen molar-refractivity contribution in [2.45, 2.75) is 32.6 Å². The van der Waals surface area contributed by atoms with Crippen LogP contribution in [0.5, 0.6) is 11.5 Å². The molecule has 150 valence electrons. The van der Waals surface area contributed by atoms with Gasteiger partial charge >= 0.3 is 5.97 Å². The number of ether oxygens (including phenoxy) is 1. The number of carboxylic acid groups (broad SMARTS) is 1. The summed E-state index contributed by atoms with van der Waals surface area (Å²) in [6, 6.07) is 17.3. The van der Waals surface area contributed by atoms with E-state index in [1.165, 1.54) is 7.11 Å². The van der Waals surface area contributed by atoms with Crippen LogP contribution in [0.4, 0.5) is 0 Å². The first-order valence-corrected chi connectivity index (χ1v) is 9.86. The molecule has 3 rings (SSSR count). The fourth-order valence-electron chi connectivity index (χ4n) is 3.61. The zero-order chi connectivity index (χ0) is 20.8. The lowest BCUT2D eigenvalue weighted by molar-refractivity contribution is -0.130. The van der Waals surface area contributed by atoms with Crippen LogP contribution in [0.25, 0.3) is 16.3 Å². The van der Waals surface area contributed by atoms with E-state index in [9.17, 15) is 15.0 Å². The van der Waals surface area contributed by atoms with E-state index >= 15 is 0 Å². The van der Waals surface area contributed by atoms with Crippen molar-refractivity contribution in [3.63, 3.8) is 0 Å². The van der Waals surface area contributed by atoms with E-state index in [1.54, 1.807) is 12.1 Å². The smallest absolute Gasteiger partial charge is 0.335 e. The maximum atomic E-state index is 12.0. The molecule has 0 radical (unpaired) electrons. The Hall–Kier alpha value is -3.27. The van der Waals surface area contributed by atoms with Crippen molar-refractivity contribution in [3.8, 4) is 11.5 Å². The molecule has 0 aliphatic carbocycles. The number of aromatic hydroxyl groups is 1. The number of carbonyl (C=O) groups is 1. The second-order valence-electron chi connectivity index (χ2n) is 7.04. The third kappa shape index (κ3) is 4.43. The summed E-state index contributed by atoms with van der Waals surface area (Å²) in [5.41, 5.74) is 2.83. The summed E-state index contributed by atoms with van der Waals surface area (Å²) < 4.78 is 5.38. The molecule has 29 heavy (non-hydrogen) atoms. The Labute approximate surface area is 171 Å². The average Bonchev–Trinajstić information content (AvgIpc) is 2.73. The molecule has 4 nitrogen and oxygen atoms in total. The van der Waals surface area contributed by atoms with Crippen LogP contribution in [0.1, 0.15) is 42.9 Å². The molecule has 0 fully saturated rings. The van der Waals surface area contributed by atoms with E-state index < -0.39 is 5.97 Å². The number of phenols is 1. The van der Waals surface area contributed by atoms with Gasteiger partial charge in [-0.2, -0.15) is 0 Å². The highest BCUT2D eigenvalue weighted by atomic mass is 16.5. The number of unbranched alkanes of at least 4 members (excludes halogenated alkanes) is 2. The predicted octanol–water partition coefficient (Wildman–Crippen LogP) is 5.80. The fraction of sp³-hybridized carbons (Fsp3) is 0.240. The van der Waals surface area contributed by atoms with Crippen LogP contribution in [0, 0.1) is 0 Å². The highest BCUT2D eigenvalue weighted by Gasteiger charge is 2.20. The summed E-state index contributed by atoms with van der Waals surface area (Å²) in [6.45, 7) is 2.07. The molecular weight excluding hydrogens is 364 g/mol. The number of rotatable bonds is 8. The third-order valence-electron chi connectivity index (χ3n) is 5.07. The molecule has 0 aromatic heterocycles. The maximum Gasteiger partial charge on any atom is 0.335 e. The molecule has 0 heterocycles. The number of benzene rings is 3. The first-order valence-electron chi connectivity index (χ1n) is 9.86. The molecule has 0 aliphatic rings. The molecule has 4 heteroatoms. The Bertz CT molecular complexity index is 1040. The Morgan fingerprint density at radius 1 is 1.10 bits per heavy atom. The lowest BCUT2D eigenvalue weighted by Gasteiger charge is -2.16. The van der Waals surface area contributed by atoms with Gasteiger partial charge in [-0.25, -0.2) is 4.79 Å². The van der Waals surface area contributed by atoms with Crippen LogP contribution in [-0.2, 0) is 11.2 Å². The van der Waals surface area contributed by atoms with Crippen molar-refractivity contribution in [2.75, 3.05) is 7.11 Å². The van der Waals surface area contributed by atoms with Crippen molar-refractivity contribution in [2.24, 2.45) is 0 Å². The molecule has 0 saturated carbocycles. The zero-order valence-corrected chi connectivity index (χ0v) is 16.8. The van der Waals surface area contributed by atoms with E-state index in [4.69, 9.17) is 4.74 Å². The minimum absolute atomic E-state index is 0.0380. The standard InChI is InChI=1S/C25H26O4/c1-3-4-6-13-20(25(27)28)21-16-22(29-2)24(26)23-18(12-9-14-19(21)23)15-17-10-7-5-8-11-17/h5,7-14,16,26H,3-4,6,15H2,1-2H3,(H,27,28). The second kappa shape index (κ2) is 9.28. The van der Waals surface area contributed by atoms with Crippen LogP contribution >= 0.6 is 0 Å². The minimum atomic E-state index is -0.983. The van der Waals surface area contributed by atoms with Crippen molar-refractivity contribution in [1.29, 1.82) is 0 Å². The van der Waals surface area contributed by atoms with Gasteiger partial charge in [0.15, 0.2) is 11.5 Å². The summed E-state index contributed by atoms with van der Waals surface area (Å²) in [5.74, 6) is -0.671. The summed E-state index contributed by atoms with van der Waals surface area (Å²) in [5, 5.41) is 22.1. The number of methoxy groups -OCH3 is 1. The molecule has 0 saturated heterocycles. The SMILES string of the molecule is CCCCC=C(C(=O)O)c1cc(OC)c(O)c2c(Cc3ccccc3)cccc12. The monoisotopic (exact) mass is 390 g/mol. The van der Waals surface area contributed by atoms with E-state index in [2.05, 4.69) is 6.92 Å². The average molecular weight is 390 g/mol. The summed E-state index contributed by atoms with van der Waals surface area (Å²) >= 11 is 0. The van der Waals surface area contributed by atoms with E-state index in [0.29, 0.717) is 29.2 Å². The molecule has 0 spiro atoms. The number of aliphatic carboxylic acids is 1. The van der Waals surface area contributed by atoms with Crippen molar-refractivity contribution in [1.82, 2.24) is 0 Å². The quantitative estimate of drug-likeness (QED) is 0.377. The first kappa shape index (κ1) is 20.5. The van der Waals surface area contributed by atoms with Gasteiger partial charge in [0.05, 0.1) is 12.7 Å². The predicted molar refractivity (Wildman–Crippen MR) is 117 cm³/mol. The lowest BCUT2D eigenvalue weighted by atomic mass is 9.91. The maximum absolute atomic E-state index is 12.0. The number of carboxylic acids is 1. The van der Waals surface area contributed by atoms with Gasteiger partial charge in [-0.15, -0.1) is 0 Å². The summed E-state index contributed by atoms with van der Waals surface area (Å²) in [6.07, 6.45) is 4.99. The first-order chi connectivity index (χ1) is 14.1. The van der Waals surface area contributed by atoms with Gasteiger partial charge in [0.25, 0.3) is 0 Å². The number of hydrogen-bond donors (Lipinski definition) is 2. The summed E-state index contributed by atoms with van der Waals surface area (Å²) in [4.78, 5) is 12.0. The van der Waals surface area contributed by atoms with Crippen LogP contribution in [0.3, 0.4) is 0 Å². The second-order valence-corrected chi connectivity index (χ2v) is 7.04. The van der Waals surface area contributed by atoms with Crippen molar-refractivity contribution >= 4 is 22.3 Å². The lowest BCUT2D eigenvalue weighted by Crippen LogP contribution is -2.03. The molecule has 0 aliphatic heterocycles. The molecule has 0 unspecified atom stereocenters. The Morgan fingerprint density at radius 2 is 1.86 bits per heavy atom. The molecule has 0 bridgehead atoms. The van der Waals surface area contributed by atoms with Gasteiger partial charge in [-0.3, -0.25) is 0 Å². The third-order valence-corrected chi connectivity index (χ3v) is 5.07. The fourth-order valence-corrected chi connectivity index (χ4v) is 3.61. The Balaban J connectivity index is 2.24. The number of hydrogen-bond acceptors (Lipinski definition) is 3. The van der Waals surface area contributed by atoms with Gasteiger partial charge < -0.3 is 14.9 Å². The van der Waals surface area contributed by atoms with Gasteiger partial charge in [0.1, 0.15) is 0 Å². The molecule has 0 amide bonds. The van der Waals surface area contributed by atoms with Crippen molar-refractivity contribution in [3.05, 3.63) is 77.4 Å². The number of allylic oxidation sites excluding steroid dienone is 1. The van der Waals surface area contributed by atoms with Gasteiger partial charge in [0.2, 0.25) is 0 Å². The van der Waals surface area contributed by atoms with Crippen LogP contribution in [0.2, 0.25) is 0 Å². The molecule has 3 aromatic rings. The van der Waals surface area contributed by atoms with Gasteiger partial charge in [0, 0.05) is 10.9 Å². The molecule has 2 N–H and O–H groups in total. The zero-order valence-electron chi connectivity index (χ0n) is 16.8. The van der Waals surface area contributed by atoms with Crippen molar-refractivity contribution < 1.29 is 19.7 Å². The van der Waals surface area contributed by atoms with Crippen LogP contribution in [0.15, 0.2) is 60.7 Å². The highest BCUT2D eigenvalue weighted by molar-refractivity contribution is 6.20. The number of phenolic OH excluding ortho intramolecular Hbond substituents is 1. The van der Waals surface area contributed by atoms with Crippen LogP contribution in [-0.4, -0.2) is 23.3 Å². The number of fused-ring (bicyclic) bond motifs is 1. The Kier molecular flexibility index (Phi) is 6.55. The normalized spacial score (nSPS) is 11.6. The molecular formula is C25H26O4. The highest BCUT2D eigenvalue weighted by Crippen LogP contribution is 2.41. The molecule has 3 aromatic carbocycles. The minimum Gasteiger partial charge on any atom is -0.504 e. The summed E-state index contributed by atoms with van der Waals surface area (Å²) in [7, 11) is 1.48. The molecule has 0 atom stereocenters. The van der Waals surface area contributed by atoms with Gasteiger partial charge in [-0.05, 0) is 35.4 Å². The van der Waals surface area contributed by atoms with E-state index in [0.717, 1.165) is 24.0 Å². The van der Waals surface area contributed by atoms with E-state index in [1.807, 2.05) is 48.5 Å². The van der Waals surface area contributed by atoms with Gasteiger partial charge in [-0.1, -0.05) is 74.4 Å². The van der Waals surface area contributed by atoms with Crippen LogP contribution < -0.4 is 4.74 Å². The van der Waals surface area contributed by atoms with E-state index in [-0.39, 0.29) is 17.1 Å².